The standard InChI is InChI=1S/C13H18N4/c1-2-12-15-10-4-3-5-11(13(10)16-12)17-8-6-14-7-9-17/h3-5,14H,2,6-9H2,1H3,(H,15,16). The van der Waals surface area contributed by atoms with Crippen LogP contribution in [-0.4, -0.2) is 36.1 Å². The second kappa shape index (κ2) is 4.37. The molecule has 2 heterocycles. The van der Waals surface area contributed by atoms with Crippen LogP contribution in [-0.2, 0) is 6.42 Å². The first-order chi connectivity index (χ1) is 8.38. The topological polar surface area (TPSA) is 44.0 Å². The van der Waals surface area contributed by atoms with E-state index >= 15 is 0 Å². The van der Waals surface area contributed by atoms with Gasteiger partial charge in [0, 0.05) is 32.6 Å². The van der Waals surface area contributed by atoms with Gasteiger partial charge < -0.3 is 15.2 Å². The van der Waals surface area contributed by atoms with E-state index in [2.05, 4.69) is 45.3 Å². The number of hydrogen-bond donors (Lipinski definition) is 2. The molecule has 1 aliphatic heterocycles. The van der Waals surface area contributed by atoms with Gasteiger partial charge in [-0.25, -0.2) is 4.98 Å². The first-order valence-electron chi connectivity index (χ1n) is 6.32. The number of imidazole rings is 1. The van der Waals surface area contributed by atoms with Gasteiger partial charge >= 0.3 is 0 Å². The number of aromatic nitrogens is 2. The first kappa shape index (κ1) is 10.6. The second-order valence-corrected chi connectivity index (χ2v) is 4.45. The van der Waals surface area contributed by atoms with Gasteiger partial charge in [-0.1, -0.05) is 13.0 Å². The summed E-state index contributed by atoms with van der Waals surface area (Å²) in [5, 5.41) is 3.38. The Morgan fingerprint density at radius 2 is 2.12 bits per heavy atom. The van der Waals surface area contributed by atoms with E-state index in [1.165, 1.54) is 5.69 Å². The molecule has 3 rings (SSSR count). The number of rotatable bonds is 2. The Morgan fingerprint density at radius 3 is 2.88 bits per heavy atom. The quantitative estimate of drug-likeness (QED) is 0.822. The van der Waals surface area contributed by atoms with Crippen molar-refractivity contribution in [3.05, 3.63) is 24.0 Å². The Morgan fingerprint density at radius 1 is 1.29 bits per heavy atom. The summed E-state index contributed by atoms with van der Waals surface area (Å²) in [6.07, 6.45) is 0.954. The van der Waals surface area contributed by atoms with Gasteiger partial charge in [-0.2, -0.15) is 0 Å². The highest BCUT2D eigenvalue weighted by atomic mass is 15.2. The predicted molar refractivity (Wildman–Crippen MR) is 70.6 cm³/mol. The smallest absolute Gasteiger partial charge is 0.112 e. The number of nitrogens with one attached hydrogen (secondary N) is 2. The van der Waals surface area contributed by atoms with Crippen LogP contribution in [0.4, 0.5) is 5.69 Å². The summed E-state index contributed by atoms with van der Waals surface area (Å²) >= 11 is 0. The molecule has 1 aliphatic rings. The molecule has 0 aliphatic carbocycles. The van der Waals surface area contributed by atoms with Crippen LogP contribution in [0.1, 0.15) is 12.7 Å². The van der Waals surface area contributed by atoms with Gasteiger partial charge in [0.25, 0.3) is 0 Å². The Labute approximate surface area is 101 Å². The molecule has 4 heteroatoms. The lowest BCUT2D eigenvalue weighted by molar-refractivity contribution is 0.590. The zero-order chi connectivity index (χ0) is 11.7. The van der Waals surface area contributed by atoms with E-state index in [-0.39, 0.29) is 0 Å². The van der Waals surface area contributed by atoms with Gasteiger partial charge in [-0.15, -0.1) is 0 Å². The fourth-order valence-electron chi connectivity index (χ4n) is 2.40. The number of para-hydroxylation sites is 1. The normalized spacial score (nSPS) is 16.6. The summed E-state index contributed by atoms with van der Waals surface area (Å²) in [5.74, 6) is 1.07. The molecule has 0 saturated carbocycles. The van der Waals surface area contributed by atoms with E-state index in [0.29, 0.717) is 0 Å². The number of hydrogen-bond acceptors (Lipinski definition) is 3. The highest BCUT2D eigenvalue weighted by Gasteiger charge is 2.14. The van der Waals surface area contributed by atoms with Crippen LogP contribution in [0, 0.1) is 0 Å². The molecule has 1 aromatic heterocycles. The van der Waals surface area contributed by atoms with Crippen molar-refractivity contribution in [2.45, 2.75) is 13.3 Å². The van der Waals surface area contributed by atoms with E-state index in [1.807, 2.05) is 0 Å². The van der Waals surface area contributed by atoms with Crippen LogP contribution in [0.15, 0.2) is 18.2 Å². The minimum atomic E-state index is 0.954. The van der Waals surface area contributed by atoms with E-state index in [9.17, 15) is 0 Å². The summed E-state index contributed by atoms with van der Waals surface area (Å²) in [7, 11) is 0. The average Bonchev–Trinajstić information content (AvgIpc) is 2.82. The molecule has 17 heavy (non-hydrogen) atoms. The van der Waals surface area contributed by atoms with Crippen molar-refractivity contribution in [3.63, 3.8) is 0 Å². The van der Waals surface area contributed by atoms with Crippen molar-refractivity contribution in [2.24, 2.45) is 0 Å². The maximum atomic E-state index is 4.69. The van der Waals surface area contributed by atoms with Crippen LogP contribution in [0.3, 0.4) is 0 Å². The van der Waals surface area contributed by atoms with Crippen molar-refractivity contribution < 1.29 is 0 Å². The largest absolute Gasteiger partial charge is 0.367 e. The molecule has 0 amide bonds. The summed E-state index contributed by atoms with van der Waals surface area (Å²) in [5.41, 5.74) is 3.53. The fraction of sp³-hybridized carbons (Fsp3) is 0.462. The molecule has 0 radical (unpaired) electrons. The zero-order valence-corrected chi connectivity index (χ0v) is 10.2. The van der Waals surface area contributed by atoms with E-state index in [1.54, 1.807) is 0 Å². The summed E-state index contributed by atoms with van der Waals surface area (Å²) in [6.45, 7) is 6.37. The number of anilines is 1. The lowest BCUT2D eigenvalue weighted by Crippen LogP contribution is -2.43. The SMILES string of the molecule is CCc1nc2c(N3CCNCC3)cccc2[nH]1. The van der Waals surface area contributed by atoms with Crippen LogP contribution in [0.2, 0.25) is 0 Å². The van der Waals surface area contributed by atoms with Gasteiger partial charge in [-0.3, -0.25) is 0 Å². The molecule has 0 bridgehead atoms. The van der Waals surface area contributed by atoms with Gasteiger partial charge in [-0.05, 0) is 12.1 Å². The third-order valence-electron chi connectivity index (χ3n) is 3.33. The van der Waals surface area contributed by atoms with Gasteiger partial charge in [0.2, 0.25) is 0 Å². The molecule has 1 saturated heterocycles. The molecule has 2 N–H and O–H groups in total. The lowest BCUT2D eigenvalue weighted by atomic mass is 10.2. The highest BCUT2D eigenvalue weighted by Crippen LogP contribution is 2.25. The summed E-state index contributed by atoms with van der Waals surface area (Å²) in [4.78, 5) is 10.5. The molecular formula is C13H18N4. The molecule has 0 spiro atoms. The molecular weight excluding hydrogens is 212 g/mol. The Balaban J connectivity index is 2.05. The maximum Gasteiger partial charge on any atom is 0.112 e. The third-order valence-corrected chi connectivity index (χ3v) is 3.33. The van der Waals surface area contributed by atoms with Gasteiger partial charge in [0.05, 0.1) is 11.2 Å². The van der Waals surface area contributed by atoms with E-state index in [0.717, 1.165) is 49.5 Å². The Bertz CT molecular complexity index is 511. The number of aromatic amines is 1. The number of piperazine rings is 1. The number of H-pyrrole nitrogens is 1. The van der Waals surface area contributed by atoms with Crippen molar-refractivity contribution in [3.8, 4) is 0 Å². The molecule has 1 aromatic carbocycles. The third kappa shape index (κ3) is 1.89. The average molecular weight is 230 g/mol. The molecule has 4 nitrogen and oxygen atoms in total. The number of nitrogens with zero attached hydrogens (tertiary/aromatic N) is 2. The summed E-state index contributed by atoms with van der Waals surface area (Å²) in [6, 6.07) is 6.39. The Hall–Kier alpha value is -1.55. The van der Waals surface area contributed by atoms with Crippen LogP contribution >= 0.6 is 0 Å². The van der Waals surface area contributed by atoms with E-state index < -0.39 is 0 Å². The number of fused-ring (bicyclic) bond motifs is 1. The second-order valence-electron chi connectivity index (χ2n) is 4.45. The maximum absolute atomic E-state index is 4.69. The minimum Gasteiger partial charge on any atom is -0.367 e. The van der Waals surface area contributed by atoms with E-state index in [4.69, 9.17) is 0 Å². The number of benzene rings is 1. The highest BCUT2D eigenvalue weighted by molar-refractivity contribution is 5.89. The molecule has 0 unspecified atom stereocenters. The first-order valence-corrected chi connectivity index (χ1v) is 6.32. The molecule has 1 fully saturated rings. The minimum absolute atomic E-state index is 0.954. The van der Waals surface area contributed by atoms with Gasteiger partial charge in [0.15, 0.2) is 0 Å². The van der Waals surface area contributed by atoms with Crippen molar-refractivity contribution >= 4 is 16.7 Å². The predicted octanol–water partition coefficient (Wildman–Crippen LogP) is 1.53. The fourth-order valence-corrected chi connectivity index (χ4v) is 2.40. The molecule has 2 aromatic rings. The molecule has 90 valence electrons. The zero-order valence-electron chi connectivity index (χ0n) is 10.2. The van der Waals surface area contributed by atoms with Crippen LogP contribution < -0.4 is 10.2 Å². The van der Waals surface area contributed by atoms with Crippen molar-refractivity contribution in [2.75, 3.05) is 31.1 Å². The van der Waals surface area contributed by atoms with Crippen molar-refractivity contribution in [1.82, 2.24) is 15.3 Å². The van der Waals surface area contributed by atoms with Crippen LogP contribution in [0.5, 0.6) is 0 Å². The van der Waals surface area contributed by atoms with Gasteiger partial charge in [0.1, 0.15) is 11.3 Å². The van der Waals surface area contributed by atoms with Crippen molar-refractivity contribution in [1.29, 1.82) is 0 Å². The summed E-state index contributed by atoms with van der Waals surface area (Å²) < 4.78 is 0. The monoisotopic (exact) mass is 230 g/mol. The number of aryl methyl sites for hydroxylation is 1. The Kier molecular flexibility index (Phi) is 2.73. The van der Waals surface area contributed by atoms with Crippen LogP contribution in [0.25, 0.3) is 11.0 Å². The molecule has 0 atom stereocenters. The lowest BCUT2D eigenvalue weighted by Gasteiger charge is -2.29.